The van der Waals surface area contributed by atoms with Gasteiger partial charge in [0.1, 0.15) is 11.5 Å². The van der Waals surface area contributed by atoms with Crippen LogP contribution in [0.25, 0.3) is 0 Å². The lowest BCUT2D eigenvalue weighted by Crippen LogP contribution is -2.41. The highest BCUT2D eigenvalue weighted by atomic mass is 35.5. The Hall–Kier alpha value is -2.18. The summed E-state index contributed by atoms with van der Waals surface area (Å²) >= 11 is 6.07. The molecule has 2 aromatic rings. The van der Waals surface area contributed by atoms with Crippen molar-refractivity contribution in [3.8, 4) is 0 Å². The van der Waals surface area contributed by atoms with Crippen molar-refractivity contribution in [1.82, 2.24) is 14.9 Å². The highest BCUT2D eigenvalue weighted by molar-refractivity contribution is 6.33. The van der Waals surface area contributed by atoms with Crippen molar-refractivity contribution in [1.29, 1.82) is 0 Å². The Bertz CT molecular complexity index is 657. The van der Waals surface area contributed by atoms with Crippen LogP contribution in [0.5, 0.6) is 0 Å². The fourth-order valence-corrected chi connectivity index (χ4v) is 2.32. The summed E-state index contributed by atoms with van der Waals surface area (Å²) in [5.74, 6) is 0.409. The number of rotatable bonds is 3. The number of hydrogen-bond donors (Lipinski definition) is 1. The SMILES string of the molecule is O=C(c1cnc(Nc2ccccc2Cl)cn1)N1CCOCC1. The van der Waals surface area contributed by atoms with Crippen molar-refractivity contribution < 1.29 is 9.53 Å². The molecule has 0 spiro atoms. The fourth-order valence-electron chi connectivity index (χ4n) is 2.13. The summed E-state index contributed by atoms with van der Waals surface area (Å²) in [5.41, 5.74) is 1.07. The van der Waals surface area contributed by atoms with Crippen LogP contribution >= 0.6 is 11.6 Å². The van der Waals surface area contributed by atoms with E-state index in [1.165, 1.54) is 12.4 Å². The van der Waals surface area contributed by atoms with Crippen LogP contribution in [0.15, 0.2) is 36.7 Å². The standard InChI is InChI=1S/C15H15ClN4O2/c16-11-3-1-2-4-12(11)19-14-10-17-13(9-18-14)15(21)20-5-7-22-8-6-20/h1-4,9-10H,5-8H2,(H,18,19). The molecule has 1 N–H and O–H groups in total. The lowest BCUT2D eigenvalue weighted by atomic mass is 10.3. The van der Waals surface area contributed by atoms with Gasteiger partial charge in [-0.15, -0.1) is 0 Å². The van der Waals surface area contributed by atoms with Crippen LogP contribution in [0.1, 0.15) is 10.5 Å². The van der Waals surface area contributed by atoms with E-state index in [-0.39, 0.29) is 5.91 Å². The number of carbonyl (C=O) groups excluding carboxylic acids is 1. The second kappa shape index (κ2) is 6.72. The maximum Gasteiger partial charge on any atom is 0.274 e. The molecule has 1 aliphatic heterocycles. The van der Waals surface area contributed by atoms with Gasteiger partial charge in [-0.25, -0.2) is 9.97 Å². The Kier molecular flexibility index (Phi) is 4.50. The second-order valence-electron chi connectivity index (χ2n) is 4.80. The number of carbonyl (C=O) groups is 1. The molecule has 0 aliphatic carbocycles. The summed E-state index contributed by atoms with van der Waals surface area (Å²) in [6.45, 7) is 2.29. The fraction of sp³-hybridized carbons (Fsp3) is 0.267. The number of morpholine rings is 1. The number of hydrogen-bond acceptors (Lipinski definition) is 5. The highest BCUT2D eigenvalue weighted by Crippen LogP contribution is 2.23. The van der Waals surface area contributed by atoms with Crippen LogP contribution in [-0.4, -0.2) is 47.1 Å². The molecule has 114 valence electrons. The summed E-state index contributed by atoms with van der Waals surface area (Å²) in [5, 5.41) is 3.66. The molecule has 1 aliphatic rings. The van der Waals surface area contributed by atoms with Crippen molar-refractivity contribution in [2.75, 3.05) is 31.6 Å². The molecule has 6 nitrogen and oxygen atoms in total. The molecule has 0 bridgehead atoms. The van der Waals surface area contributed by atoms with Gasteiger partial charge in [-0.3, -0.25) is 4.79 Å². The van der Waals surface area contributed by atoms with Gasteiger partial charge in [0.25, 0.3) is 5.91 Å². The molecule has 0 atom stereocenters. The molecule has 1 saturated heterocycles. The van der Waals surface area contributed by atoms with Crippen LogP contribution in [-0.2, 0) is 4.74 Å². The Labute approximate surface area is 133 Å². The zero-order valence-corrected chi connectivity index (χ0v) is 12.6. The van der Waals surface area contributed by atoms with Crippen LogP contribution in [0.3, 0.4) is 0 Å². The minimum atomic E-state index is -0.125. The quantitative estimate of drug-likeness (QED) is 0.941. The van der Waals surface area contributed by atoms with E-state index in [1.807, 2.05) is 18.2 Å². The number of nitrogens with one attached hydrogen (secondary N) is 1. The van der Waals surface area contributed by atoms with Crippen molar-refractivity contribution in [3.63, 3.8) is 0 Å². The maximum absolute atomic E-state index is 12.2. The summed E-state index contributed by atoms with van der Waals surface area (Å²) in [4.78, 5) is 22.4. The number of nitrogens with zero attached hydrogens (tertiary/aromatic N) is 3. The average molecular weight is 319 g/mol. The van der Waals surface area contributed by atoms with Gasteiger partial charge in [0.05, 0.1) is 36.3 Å². The molecule has 3 rings (SSSR count). The number of halogens is 1. The maximum atomic E-state index is 12.2. The van der Waals surface area contributed by atoms with E-state index in [0.29, 0.717) is 42.8 Å². The summed E-state index contributed by atoms with van der Waals surface area (Å²) in [7, 11) is 0. The first-order valence-electron chi connectivity index (χ1n) is 6.94. The van der Waals surface area contributed by atoms with Gasteiger partial charge < -0.3 is 15.0 Å². The third-order valence-electron chi connectivity index (χ3n) is 3.31. The van der Waals surface area contributed by atoms with E-state index >= 15 is 0 Å². The Balaban J connectivity index is 1.70. The molecule has 0 unspecified atom stereocenters. The second-order valence-corrected chi connectivity index (χ2v) is 5.20. The first-order chi connectivity index (χ1) is 10.7. The summed E-state index contributed by atoms with van der Waals surface area (Å²) in [6, 6.07) is 7.35. The highest BCUT2D eigenvalue weighted by Gasteiger charge is 2.19. The Morgan fingerprint density at radius 3 is 2.64 bits per heavy atom. The molecular weight excluding hydrogens is 304 g/mol. The average Bonchev–Trinajstić information content (AvgIpc) is 2.58. The molecule has 0 radical (unpaired) electrons. The van der Waals surface area contributed by atoms with Crippen molar-refractivity contribution in [3.05, 3.63) is 47.4 Å². The summed E-state index contributed by atoms with van der Waals surface area (Å²) < 4.78 is 5.23. The third kappa shape index (κ3) is 3.35. The van der Waals surface area contributed by atoms with E-state index in [2.05, 4.69) is 15.3 Å². The van der Waals surface area contributed by atoms with Crippen molar-refractivity contribution in [2.24, 2.45) is 0 Å². The number of ether oxygens (including phenoxy) is 1. The Morgan fingerprint density at radius 2 is 1.95 bits per heavy atom. The number of aromatic nitrogens is 2. The lowest BCUT2D eigenvalue weighted by Gasteiger charge is -2.26. The van der Waals surface area contributed by atoms with E-state index in [1.54, 1.807) is 11.0 Å². The van der Waals surface area contributed by atoms with E-state index < -0.39 is 0 Å². The Morgan fingerprint density at radius 1 is 1.18 bits per heavy atom. The molecule has 1 fully saturated rings. The van der Waals surface area contributed by atoms with Gasteiger partial charge in [0, 0.05) is 13.1 Å². The zero-order chi connectivity index (χ0) is 15.4. The molecular formula is C15H15ClN4O2. The molecule has 1 aromatic carbocycles. The first-order valence-corrected chi connectivity index (χ1v) is 7.32. The smallest absolute Gasteiger partial charge is 0.274 e. The topological polar surface area (TPSA) is 67.4 Å². The monoisotopic (exact) mass is 318 g/mol. The van der Waals surface area contributed by atoms with Gasteiger partial charge in [-0.2, -0.15) is 0 Å². The zero-order valence-electron chi connectivity index (χ0n) is 11.8. The molecule has 1 aromatic heterocycles. The number of benzene rings is 1. The molecule has 1 amide bonds. The lowest BCUT2D eigenvalue weighted by molar-refractivity contribution is 0.0298. The van der Waals surface area contributed by atoms with E-state index in [0.717, 1.165) is 5.69 Å². The molecule has 7 heteroatoms. The van der Waals surface area contributed by atoms with E-state index in [9.17, 15) is 4.79 Å². The number of amides is 1. The first kappa shape index (κ1) is 14.7. The minimum absolute atomic E-state index is 0.125. The molecule has 2 heterocycles. The van der Waals surface area contributed by atoms with Crippen LogP contribution < -0.4 is 5.32 Å². The van der Waals surface area contributed by atoms with Gasteiger partial charge in [-0.1, -0.05) is 23.7 Å². The van der Waals surface area contributed by atoms with Crippen LogP contribution in [0, 0.1) is 0 Å². The van der Waals surface area contributed by atoms with E-state index in [4.69, 9.17) is 16.3 Å². The third-order valence-corrected chi connectivity index (χ3v) is 3.64. The predicted molar refractivity (Wildman–Crippen MR) is 83.5 cm³/mol. The minimum Gasteiger partial charge on any atom is -0.378 e. The number of para-hydroxylation sites is 1. The normalized spacial score (nSPS) is 14.7. The number of anilines is 2. The van der Waals surface area contributed by atoms with Gasteiger partial charge in [-0.05, 0) is 12.1 Å². The van der Waals surface area contributed by atoms with Crippen molar-refractivity contribution in [2.45, 2.75) is 0 Å². The van der Waals surface area contributed by atoms with Gasteiger partial charge >= 0.3 is 0 Å². The largest absolute Gasteiger partial charge is 0.378 e. The molecule has 0 saturated carbocycles. The van der Waals surface area contributed by atoms with Crippen molar-refractivity contribution >= 4 is 29.0 Å². The van der Waals surface area contributed by atoms with Crippen LogP contribution in [0.2, 0.25) is 5.02 Å². The predicted octanol–water partition coefficient (Wildman–Crippen LogP) is 2.35. The summed E-state index contributed by atoms with van der Waals surface area (Å²) in [6.07, 6.45) is 2.99. The molecule has 22 heavy (non-hydrogen) atoms. The van der Waals surface area contributed by atoms with Gasteiger partial charge in [0.15, 0.2) is 0 Å². The van der Waals surface area contributed by atoms with Crippen LogP contribution in [0.4, 0.5) is 11.5 Å². The van der Waals surface area contributed by atoms with Gasteiger partial charge in [0.2, 0.25) is 0 Å².